The Morgan fingerprint density at radius 2 is 1.95 bits per heavy atom. The van der Waals surface area contributed by atoms with E-state index in [2.05, 4.69) is 20.4 Å². The highest BCUT2D eigenvalue weighted by atomic mass is 16.5. The van der Waals surface area contributed by atoms with Crippen molar-refractivity contribution < 1.29 is 19.4 Å². The maximum atomic E-state index is 12.0. The lowest BCUT2D eigenvalue weighted by molar-refractivity contribution is -0.150. The molecule has 0 saturated heterocycles. The smallest absolute Gasteiger partial charge is 0.145 e. The fourth-order valence-electron chi connectivity index (χ4n) is 2.46. The molecule has 21 heavy (non-hydrogen) atoms. The summed E-state index contributed by atoms with van der Waals surface area (Å²) in [6.07, 6.45) is 2.16. The molecule has 4 heteroatoms. The molecule has 0 unspecified atom stereocenters. The minimum Gasteiger partial charge on any atom is -0.389 e. The number of hydrogen-bond donors (Lipinski definition) is 1. The highest BCUT2D eigenvalue weighted by Crippen LogP contribution is 2.31. The molecule has 1 N–H and O–H groups in total. The van der Waals surface area contributed by atoms with E-state index in [1.807, 2.05) is 6.92 Å². The molecule has 0 aliphatic carbocycles. The molecule has 0 aromatic heterocycles. The summed E-state index contributed by atoms with van der Waals surface area (Å²) in [7, 11) is 0. The second-order valence-electron chi connectivity index (χ2n) is 6.21. The molecular weight excluding hydrogens is 268 g/mol. The number of aliphatic hydroxyl groups excluding tert-OH is 1. The molecule has 0 heterocycles. The third-order valence-corrected chi connectivity index (χ3v) is 4.01. The van der Waals surface area contributed by atoms with Crippen molar-refractivity contribution >= 4 is 11.6 Å². The average molecular weight is 298 g/mol. The Bertz CT molecular complexity index is 364. The molecule has 0 spiro atoms. The summed E-state index contributed by atoms with van der Waals surface area (Å²) < 4.78 is 5.78. The third-order valence-electron chi connectivity index (χ3n) is 4.01. The van der Waals surface area contributed by atoms with E-state index >= 15 is 0 Å². The Morgan fingerprint density at radius 3 is 2.38 bits per heavy atom. The van der Waals surface area contributed by atoms with Crippen LogP contribution < -0.4 is 0 Å². The summed E-state index contributed by atoms with van der Waals surface area (Å²) in [5, 5.41) is 10.6. The van der Waals surface area contributed by atoms with Gasteiger partial charge in [-0.25, -0.2) is 0 Å². The quantitative estimate of drug-likeness (QED) is 0.470. The zero-order valence-corrected chi connectivity index (χ0v) is 14.0. The van der Waals surface area contributed by atoms with Crippen molar-refractivity contribution in [2.24, 2.45) is 11.8 Å². The molecule has 0 radical (unpaired) electrons. The third kappa shape index (κ3) is 6.53. The lowest BCUT2D eigenvalue weighted by atomic mass is 9.79. The van der Waals surface area contributed by atoms with E-state index in [1.165, 1.54) is 6.92 Å². The van der Waals surface area contributed by atoms with Crippen LogP contribution in [0.1, 0.15) is 53.9 Å². The summed E-state index contributed by atoms with van der Waals surface area (Å²) in [6, 6.07) is 0. The first kappa shape index (κ1) is 20.0. The van der Waals surface area contributed by atoms with Crippen LogP contribution in [0, 0.1) is 11.8 Å². The topological polar surface area (TPSA) is 63.6 Å². The molecule has 4 nitrogen and oxygen atoms in total. The maximum Gasteiger partial charge on any atom is 0.145 e. The molecule has 4 atom stereocenters. The van der Waals surface area contributed by atoms with E-state index in [1.54, 1.807) is 13.0 Å². The van der Waals surface area contributed by atoms with Crippen LogP contribution in [0.5, 0.6) is 0 Å². The predicted octanol–water partition coefficient (Wildman–Crippen LogP) is 2.93. The van der Waals surface area contributed by atoms with Gasteiger partial charge in [0.25, 0.3) is 0 Å². The fourth-order valence-corrected chi connectivity index (χ4v) is 2.46. The number of Topliss-reactive ketones (excluding diaryl/α,β-unsaturated/α-hetero) is 2. The van der Waals surface area contributed by atoms with Crippen molar-refractivity contribution in [1.82, 2.24) is 0 Å². The van der Waals surface area contributed by atoms with Gasteiger partial charge in [0, 0.05) is 5.92 Å². The SMILES string of the molecule is C=CCO[C@](C)(C[C@@H](C)CC)[C@H](O)[C@@H](C)C(=O)CC(C)=O. The van der Waals surface area contributed by atoms with E-state index in [0.717, 1.165) is 6.42 Å². The van der Waals surface area contributed by atoms with E-state index < -0.39 is 17.6 Å². The number of ketones is 2. The van der Waals surface area contributed by atoms with Gasteiger partial charge in [0.15, 0.2) is 0 Å². The Balaban J connectivity index is 5.07. The Kier molecular flexibility index (Phi) is 8.67. The van der Waals surface area contributed by atoms with Crippen molar-refractivity contribution in [2.75, 3.05) is 6.61 Å². The Morgan fingerprint density at radius 1 is 1.38 bits per heavy atom. The van der Waals surface area contributed by atoms with Gasteiger partial charge in [0.2, 0.25) is 0 Å². The first-order chi connectivity index (χ1) is 9.67. The summed E-state index contributed by atoms with van der Waals surface area (Å²) in [5.74, 6) is -0.695. The molecule has 0 rings (SSSR count). The van der Waals surface area contributed by atoms with Crippen molar-refractivity contribution in [2.45, 2.75) is 65.6 Å². The van der Waals surface area contributed by atoms with Gasteiger partial charge >= 0.3 is 0 Å². The molecule has 0 aliphatic heterocycles. The van der Waals surface area contributed by atoms with Crippen LogP contribution in [0.25, 0.3) is 0 Å². The Labute approximate surface area is 128 Å². The molecule has 0 saturated carbocycles. The zero-order chi connectivity index (χ0) is 16.6. The van der Waals surface area contributed by atoms with Crippen LogP contribution in [0.4, 0.5) is 0 Å². The van der Waals surface area contributed by atoms with Crippen LogP contribution in [0.15, 0.2) is 12.7 Å². The molecule has 0 bridgehead atoms. The monoisotopic (exact) mass is 298 g/mol. The summed E-state index contributed by atoms with van der Waals surface area (Å²) >= 11 is 0. The number of rotatable bonds is 11. The van der Waals surface area contributed by atoms with Gasteiger partial charge in [0.05, 0.1) is 24.7 Å². The minimum atomic E-state index is -0.946. The highest BCUT2D eigenvalue weighted by molar-refractivity contribution is 5.99. The normalized spacial score (nSPS) is 18.4. The summed E-state index contributed by atoms with van der Waals surface area (Å²) in [5.41, 5.74) is -0.824. The van der Waals surface area contributed by atoms with E-state index in [4.69, 9.17) is 4.74 Å². The van der Waals surface area contributed by atoms with E-state index in [0.29, 0.717) is 18.9 Å². The molecular formula is C17H30O4. The van der Waals surface area contributed by atoms with E-state index in [9.17, 15) is 14.7 Å². The second-order valence-corrected chi connectivity index (χ2v) is 6.21. The Hall–Kier alpha value is -1.00. The first-order valence-corrected chi connectivity index (χ1v) is 7.63. The highest BCUT2D eigenvalue weighted by Gasteiger charge is 2.40. The van der Waals surface area contributed by atoms with Crippen LogP contribution >= 0.6 is 0 Å². The van der Waals surface area contributed by atoms with Gasteiger partial charge in [-0.15, -0.1) is 6.58 Å². The summed E-state index contributed by atoms with van der Waals surface area (Å²) in [4.78, 5) is 23.1. The number of aliphatic hydroxyl groups is 1. The van der Waals surface area contributed by atoms with Crippen LogP contribution in [-0.2, 0) is 14.3 Å². The van der Waals surface area contributed by atoms with Gasteiger partial charge < -0.3 is 9.84 Å². The van der Waals surface area contributed by atoms with E-state index in [-0.39, 0.29) is 18.0 Å². The van der Waals surface area contributed by atoms with Crippen LogP contribution in [0.2, 0.25) is 0 Å². The standard InChI is InChI=1S/C17H30O4/c1-7-9-21-17(6,11-12(3)8-2)16(20)14(5)15(19)10-13(4)18/h7,12,14,16,20H,1,8-11H2,2-6H3/t12-,14-,16+,17+/m0/s1. The van der Waals surface area contributed by atoms with Gasteiger partial charge in [-0.2, -0.15) is 0 Å². The molecule has 122 valence electrons. The average Bonchev–Trinajstić information content (AvgIpc) is 2.42. The minimum absolute atomic E-state index is 0.140. The molecule has 0 aliphatic rings. The van der Waals surface area contributed by atoms with Crippen molar-refractivity contribution in [3.8, 4) is 0 Å². The molecule has 0 amide bonds. The second kappa shape index (κ2) is 9.11. The fraction of sp³-hybridized carbons (Fsp3) is 0.765. The van der Waals surface area contributed by atoms with Crippen molar-refractivity contribution in [3.05, 3.63) is 12.7 Å². The number of hydrogen-bond acceptors (Lipinski definition) is 4. The van der Waals surface area contributed by atoms with Crippen LogP contribution in [0.3, 0.4) is 0 Å². The van der Waals surface area contributed by atoms with Gasteiger partial charge in [0.1, 0.15) is 11.6 Å². The van der Waals surface area contributed by atoms with Crippen LogP contribution in [-0.4, -0.2) is 35.0 Å². The first-order valence-electron chi connectivity index (χ1n) is 7.63. The van der Waals surface area contributed by atoms with Gasteiger partial charge in [-0.3, -0.25) is 9.59 Å². The molecule has 0 aromatic rings. The van der Waals surface area contributed by atoms with Crippen molar-refractivity contribution in [3.63, 3.8) is 0 Å². The van der Waals surface area contributed by atoms with Crippen molar-refractivity contribution in [1.29, 1.82) is 0 Å². The zero-order valence-electron chi connectivity index (χ0n) is 14.0. The largest absolute Gasteiger partial charge is 0.389 e. The maximum absolute atomic E-state index is 12.0. The lowest BCUT2D eigenvalue weighted by Crippen LogP contribution is -2.49. The number of carbonyl (C=O) groups is 2. The molecule has 0 aromatic carbocycles. The van der Waals surface area contributed by atoms with Gasteiger partial charge in [-0.1, -0.05) is 33.3 Å². The van der Waals surface area contributed by atoms with Gasteiger partial charge in [-0.05, 0) is 26.2 Å². The lowest BCUT2D eigenvalue weighted by Gasteiger charge is -2.38. The summed E-state index contributed by atoms with van der Waals surface area (Å²) in [6.45, 7) is 13.0. The molecule has 0 fully saturated rings. The number of carbonyl (C=O) groups excluding carboxylic acids is 2. The predicted molar refractivity (Wildman–Crippen MR) is 84.1 cm³/mol. The number of ether oxygens (including phenoxy) is 1.